The van der Waals surface area contributed by atoms with Crippen LogP contribution in [-0.4, -0.2) is 25.5 Å². The number of methoxy groups -OCH3 is 1. The quantitative estimate of drug-likeness (QED) is 0.663. The highest BCUT2D eigenvalue weighted by Gasteiger charge is 2.26. The summed E-state index contributed by atoms with van der Waals surface area (Å²) in [7, 11) is 1.60. The Morgan fingerprint density at radius 2 is 1.87 bits per heavy atom. The van der Waals surface area contributed by atoms with Gasteiger partial charge in [-0.3, -0.25) is 9.59 Å². The number of benzene rings is 3. The molecule has 1 aliphatic rings. The van der Waals surface area contributed by atoms with Gasteiger partial charge < -0.3 is 19.7 Å². The van der Waals surface area contributed by atoms with Gasteiger partial charge in [0.15, 0.2) is 6.61 Å². The van der Waals surface area contributed by atoms with Crippen LogP contribution in [0.15, 0.2) is 66.7 Å². The number of para-hydroxylation sites is 1. The molecule has 3 aromatic rings. The smallest absolute Gasteiger partial charge is 0.265 e. The first-order chi connectivity index (χ1) is 15.0. The maximum absolute atomic E-state index is 12.8. The van der Waals surface area contributed by atoms with Crippen LogP contribution in [0.3, 0.4) is 0 Å². The highest BCUT2D eigenvalue weighted by Crippen LogP contribution is 2.34. The van der Waals surface area contributed by atoms with Crippen LogP contribution in [0, 0.1) is 6.92 Å². The van der Waals surface area contributed by atoms with Crippen LogP contribution in [0.4, 0.5) is 5.69 Å². The van der Waals surface area contributed by atoms with Crippen molar-refractivity contribution in [2.24, 2.45) is 0 Å². The first-order valence-corrected chi connectivity index (χ1v) is 10.1. The summed E-state index contributed by atoms with van der Waals surface area (Å²) in [5, 5.41) is 2.92. The van der Waals surface area contributed by atoms with E-state index in [1.807, 2.05) is 55.5 Å². The minimum Gasteiger partial charge on any atom is -0.496 e. The molecule has 6 nitrogen and oxygen atoms in total. The van der Waals surface area contributed by atoms with Gasteiger partial charge in [0.1, 0.15) is 11.5 Å². The topological polar surface area (TPSA) is 67.9 Å². The Bertz CT molecular complexity index is 1110. The minimum absolute atomic E-state index is 0.0157. The number of rotatable bonds is 6. The van der Waals surface area contributed by atoms with Gasteiger partial charge >= 0.3 is 0 Å². The summed E-state index contributed by atoms with van der Waals surface area (Å²) in [6, 6.07) is 20.7. The number of carbonyl (C=O) groups excluding carboxylic acids is 2. The number of hydrogen-bond acceptors (Lipinski definition) is 4. The molecule has 0 saturated carbocycles. The monoisotopic (exact) mass is 416 g/mol. The van der Waals surface area contributed by atoms with Gasteiger partial charge in [-0.2, -0.15) is 0 Å². The molecule has 1 heterocycles. The maximum Gasteiger partial charge on any atom is 0.265 e. The van der Waals surface area contributed by atoms with Gasteiger partial charge in [0.05, 0.1) is 19.3 Å². The Kier molecular flexibility index (Phi) is 5.89. The maximum atomic E-state index is 12.8. The lowest BCUT2D eigenvalue weighted by Crippen LogP contribution is -2.38. The van der Waals surface area contributed by atoms with Crippen LogP contribution in [0.1, 0.15) is 27.0 Å². The fourth-order valence-corrected chi connectivity index (χ4v) is 3.52. The number of nitrogens with zero attached hydrogens (tertiary/aromatic N) is 1. The summed E-state index contributed by atoms with van der Waals surface area (Å²) < 4.78 is 10.9. The Morgan fingerprint density at radius 1 is 1.10 bits per heavy atom. The van der Waals surface area contributed by atoms with E-state index in [1.54, 1.807) is 30.2 Å². The van der Waals surface area contributed by atoms with E-state index >= 15 is 0 Å². The minimum atomic E-state index is -0.234. The molecule has 0 radical (unpaired) electrons. The van der Waals surface area contributed by atoms with Gasteiger partial charge in [0.2, 0.25) is 0 Å². The molecule has 0 atom stereocenters. The fraction of sp³-hybridized carbons (Fsp3) is 0.200. The second-order valence-corrected chi connectivity index (χ2v) is 7.43. The molecule has 0 unspecified atom stereocenters. The standard InChI is InChI=1S/C25H24N2O4/c1-17-7-9-18(10-8-17)15-27-21-13-19(11-12-23(21)31-16-24(27)28)25(29)26-14-20-5-3-4-6-22(20)30-2/h3-13H,14-16H2,1-2H3,(H,26,29). The number of aryl methyl sites for hydroxylation is 1. The molecule has 1 aliphatic heterocycles. The molecular weight excluding hydrogens is 392 g/mol. The van der Waals surface area contributed by atoms with Crippen molar-refractivity contribution in [1.82, 2.24) is 5.32 Å². The molecule has 0 saturated heterocycles. The zero-order chi connectivity index (χ0) is 21.8. The van der Waals surface area contributed by atoms with Gasteiger partial charge in [0.25, 0.3) is 11.8 Å². The van der Waals surface area contributed by atoms with Gasteiger partial charge in [-0.15, -0.1) is 0 Å². The van der Waals surface area contributed by atoms with Crippen molar-refractivity contribution in [3.05, 3.63) is 89.0 Å². The van der Waals surface area contributed by atoms with Crippen molar-refractivity contribution in [3.63, 3.8) is 0 Å². The number of anilines is 1. The third-order valence-electron chi connectivity index (χ3n) is 5.26. The van der Waals surface area contributed by atoms with Gasteiger partial charge in [-0.1, -0.05) is 48.0 Å². The molecule has 4 rings (SSSR count). The first-order valence-electron chi connectivity index (χ1n) is 10.1. The molecule has 0 spiro atoms. The summed E-state index contributed by atoms with van der Waals surface area (Å²) in [6.07, 6.45) is 0. The number of nitrogens with one attached hydrogen (secondary N) is 1. The number of hydrogen-bond donors (Lipinski definition) is 1. The van der Waals surface area contributed by atoms with E-state index in [0.29, 0.717) is 30.1 Å². The lowest BCUT2D eigenvalue weighted by atomic mass is 10.1. The fourth-order valence-electron chi connectivity index (χ4n) is 3.52. The van der Waals surface area contributed by atoms with Crippen LogP contribution in [0.2, 0.25) is 0 Å². The Balaban J connectivity index is 1.54. The zero-order valence-electron chi connectivity index (χ0n) is 17.6. The van der Waals surface area contributed by atoms with Crippen LogP contribution in [0.5, 0.6) is 11.5 Å². The van der Waals surface area contributed by atoms with E-state index in [2.05, 4.69) is 5.32 Å². The number of ether oxygens (including phenoxy) is 2. The Morgan fingerprint density at radius 3 is 2.65 bits per heavy atom. The highest BCUT2D eigenvalue weighted by atomic mass is 16.5. The van der Waals surface area contributed by atoms with Gasteiger partial charge in [0, 0.05) is 17.7 Å². The predicted octanol–water partition coefficient (Wildman–Crippen LogP) is 3.86. The third kappa shape index (κ3) is 4.53. The normalized spacial score (nSPS) is 12.7. The number of amides is 2. The second kappa shape index (κ2) is 8.92. The first kappa shape index (κ1) is 20.5. The molecule has 3 aromatic carbocycles. The summed E-state index contributed by atoms with van der Waals surface area (Å²) in [4.78, 5) is 27.0. The molecule has 158 valence electrons. The van der Waals surface area contributed by atoms with E-state index in [0.717, 1.165) is 22.4 Å². The van der Waals surface area contributed by atoms with Gasteiger partial charge in [-0.25, -0.2) is 0 Å². The average molecular weight is 416 g/mol. The Hall–Kier alpha value is -3.80. The molecule has 0 bridgehead atoms. The molecule has 0 aromatic heterocycles. The van der Waals surface area contributed by atoms with E-state index in [9.17, 15) is 9.59 Å². The molecule has 0 aliphatic carbocycles. The summed E-state index contributed by atoms with van der Waals surface area (Å²) >= 11 is 0. The highest BCUT2D eigenvalue weighted by molar-refractivity contribution is 6.01. The van der Waals surface area contributed by atoms with Crippen molar-refractivity contribution in [3.8, 4) is 11.5 Å². The van der Waals surface area contributed by atoms with Crippen molar-refractivity contribution in [2.45, 2.75) is 20.0 Å². The molecule has 1 N–H and O–H groups in total. The summed E-state index contributed by atoms with van der Waals surface area (Å²) in [6.45, 7) is 2.76. The largest absolute Gasteiger partial charge is 0.496 e. The molecule has 0 fully saturated rings. The predicted molar refractivity (Wildman–Crippen MR) is 118 cm³/mol. The number of fused-ring (bicyclic) bond motifs is 1. The van der Waals surface area contributed by atoms with E-state index in [4.69, 9.17) is 9.47 Å². The number of carbonyl (C=O) groups is 2. The van der Waals surface area contributed by atoms with Crippen LogP contribution in [-0.2, 0) is 17.9 Å². The van der Waals surface area contributed by atoms with Crippen LogP contribution < -0.4 is 19.7 Å². The second-order valence-electron chi connectivity index (χ2n) is 7.43. The van der Waals surface area contributed by atoms with Crippen LogP contribution >= 0.6 is 0 Å². The van der Waals surface area contributed by atoms with E-state index in [-0.39, 0.29) is 18.4 Å². The lowest BCUT2D eigenvalue weighted by molar-refractivity contribution is -0.121. The van der Waals surface area contributed by atoms with Gasteiger partial charge in [-0.05, 0) is 36.8 Å². The van der Waals surface area contributed by atoms with Crippen molar-refractivity contribution >= 4 is 17.5 Å². The van der Waals surface area contributed by atoms with Crippen molar-refractivity contribution in [2.75, 3.05) is 18.6 Å². The van der Waals surface area contributed by atoms with Crippen LogP contribution in [0.25, 0.3) is 0 Å². The van der Waals surface area contributed by atoms with E-state index in [1.165, 1.54) is 0 Å². The molecule has 2 amide bonds. The summed E-state index contributed by atoms with van der Waals surface area (Å²) in [5.41, 5.74) is 4.11. The van der Waals surface area contributed by atoms with E-state index < -0.39 is 0 Å². The third-order valence-corrected chi connectivity index (χ3v) is 5.26. The average Bonchev–Trinajstić information content (AvgIpc) is 2.80. The molecular formula is C25H24N2O4. The summed E-state index contributed by atoms with van der Waals surface area (Å²) in [5.74, 6) is 0.936. The molecule has 6 heteroatoms. The van der Waals surface area contributed by atoms with Crippen molar-refractivity contribution < 1.29 is 19.1 Å². The lowest BCUT2D eigenvalue weighted by Gasteiger charge is -2.30. The molecule has 31 heavy (non-hydrogen) atoms. The SMILES string of the molecule is COc1ccccc1CNC(=O)c1ccc2c(c1)N(Cc1ccc(C)cc1)C(=O)CO2. The van der Waals surface area contributed by atoms with Crippen molar-refractivity contribution in [1.29, 1.82) is 0 Å². The Labute approximate surface area is 181 Å². The zero-order valence-corrected chi connectivity index (χ0v) is 17.6.